The summed E-state index contributed by atoms with van der Waals surface area (Å²) in [6, 6.07) is -3.61. The molecule has 0 aromatic carbocycles. The van der Waals surface area contributed by atoms with Gasteiger partial charge in [0.05, 0.1) is 0 Å². The minimum atomic E-state index is -5.70. The zero-order valence-corrected chi connectivity index (χ0v) is 5.38. The molecule has 0 aliphatic rings. The summed E-state index contributed by atoms with van der Waals surface area (Å²) >= 11 is 0. The fraction of sp³-hybridized carbons (Fsp3) is 0.400. The van der Waals surface area contributed by atoms with Crippen LogP contribution in [0.5, 0.6) is 0 Å². The number of hydrogen-bond acceptors (Lipinski definition) is 1. The molecule has 0 atom stereocenters. The Kier molecular flexibility index (Phi) is 2.56. The van der Waals surface area contributed by atoms with Crippen LogP contribution in [-0.4, -0.2) is 17.9 Å². The number of allylic oxidation sites excluding steroid dienone is 1. The third-order valence-corrected chi connectivity index (χ3v) is 0.982. The average Bonchev–Trinajstić information content (AvgIpc) is 1.86. The van der Waals surface area contributed by atoms with E-state index in [-0.39, 0.29) is 0 Å². The predicted octanol–water partition coefficient (Wildman–Crippen LogP) is 2.24. The van der Waals surface area contributed by atoms with Crippen LogP contribution in [0.4, 0.5) is 26.3 Å². The predicted molar refractivity (Wildman–Crippen MR) is 26.3 cm³/mol. The molecule has 0 bridgehead atoms. The maximum atomic E-state index is 11.9. The second-order valence-electron chi connectivity index (χ2n) is 1.83. The van der Waals surface area contributed by atoms with Crippen LogP contribution in [0.15, 0.2) is 12.4 Å². The van der Waals surface area contributed by atoms with Crippen LogP contribution in [0, 0.1) is 0 Å². The van der Waals surface area contributed by atoms with Crippen molar-refractivity contribution in [3.05, 3.63) is 12.4 Å². The van der Waals surface area contributed by atoms with Crippen molar-refractivity contribution >= 4 is 6.04 Å². The number of carbonyl (C=O) groups is 1. The van der Waals surface area contributed by atoms with Crippen molar-refractivity contribution in [2.45, 2.75) is 11.8 Å². The molecule has 0 aromatic rings. The molecule has 0 rings (SSSR count). The van der Waals surface area contributed by atoms with Crippen molar-refractivity contribution < 1.29 is 31.1 Å². The number of rotatable bonds is 3. The molecule has 0 aliphatic carbocycles. The zero-order valence-electron chi connectivity index (χ0n) is 5.38. The van der Waals surface area contributed by atoms with Gasteiger partial charge < -0.3 is 0 Å². The molecular weight excluding hydrogens is 190 g/mol. The van der Waals surface area contributed by atoms with Gasteiger partial charge in [0, 0.05) is 0 Å². The van der Waals surface area contributed by atoms with Crippen LogP contribution in [0.3, 0.4) is 0 Å². The summed E-state index contributed by atoms with van der Waals surface area (Å²) in [5.41, 5.74) is 0. The van der Waals surface area contributed by atoms with E-state index >= 15 is 0 Å². The van der Waals surface area contributed by atoms with E-state index in [1.165, 1.54) is 0 Å². The number of hydrogen-bond donors (Lipinski definition) is 0. The average molecular weight is 192 g/mol. The molecule has 0 aliphatic heterocycles. The lowest BCUT2D eigenvalue weighted by atomic mass is 10.1. The molecule has 7 heteroatoms. The molecule has 0 saturated heterocycles. The van der Waals surface area contributed by atoms with Crippen LogP contribution in [0.1, 0.15) is 0 Å². The molecular formula is C5H2F6O. The largest absolute Gasteiger partial charge is 0.404 e. The quantitative estimate of drug-likeness (QED) is 0.495. The first-order valence-corrected chi connectivity index (χ1v) is 2.44. The highest BCUT2D eigenvalue weighted by atomic mass is 19.3. The minimum absolute atomic E-state index is 1.86. The van der Waals surface area contributed by atoms with Gasteiger partial charge in [-0.2, -0.15) is 22.0 Å². The third-order valence-electron chi connectivity index (χ3n) is 0.982. The monoisotopic (exact) mass is 192 g/mol. The van der Waals surface area contributed by atoms with Gasteiger partial charge in [-0.05, 0) is 0 Å². The number of halogens is 6. The van der Waals surface area contributed by atoms with Gasteiger partial charge in [0.25, 0.3) is 0 Å². The van der Waals surface area contributed by atoms with Crippen LogP contribution < -0.4 is 0 Å². The molecule has 0 saturated carbocycles. The third kappa shape index (κ3) is 1.44. The Morgan fingerprint density at radius 1 is 1.00 bits per heavy atom. The minimum Gasteiger partial charge on any atom is -0.254 e. The Hall–Kier alpha value is -1.01. The fourth-order valence-electron chi connectivity index (χ4n) is 0.294. The Morgan fingerprint density at radius 2 is 1.33 bits per heavy atom. The molecule has 0 heterocycles. The lowest BCUT2D eigenvalue weighted by molar-refractivity contribution is -0.208. The molecule has 0 N–H and O–H groups in total. The van der Waals surface area contributed by atoms with Crippen LogP contribution in [-0.2, 0) is 4.79 Å². The van der Waals surface area contributed by atoms with Crippen molar-refractivity contribution in [2.75, 3.05) is 0 Å². The molecule has 0 fully saturated rings. The maximum Gasteiger partial charge on any atom is 0.404 e. The van der Waals surface area contributed by atoms with E-state index in [0.29, 0.717) is 0 Å². The lowest BCUT2D eigenvalue weighted by Crippen LogP contribution is -2.45. The Labute approximate surface area is 62.7 Å². The molecule has 0 unspecified atom stereocenters. The molecule has 0 spiro atoms. The van der Waals surface area contributed by atoms with Gasteiger partial charge in [0.1, 0.15) is 0 Å². The molecule has 0 amide bonds. The highest BCUT2D eigenvalue weighted by Crippen LogP contribution is 2.40. The van der Waals surface area contributed by atoms with E-state index in [1.807, 2.05) is 6.58 Å². The van der Waals surface area contributed by atoms with Gasteiger partial charge >= 0.3 is 17.9 Å². The summed E-state index contributed by atoms with van der Waals surface area (Å²) in [5, 5.41) is 0. The lowest BCUT2D eigenvalue weighted by Gasteiger charge is -2.19. The molecule has 0 aromatic heterocycles. The summed E-state index contributed by atoms with van der Waals surface area (Å²) in [7, 11) is 0. The SMILES string of the molecule is C=C(F)C(F)(F)C(F)(F)C(=O)F. The van der Waals surface area contributed by atoms with Gasteiger partial charge in [0.2, 0.25) is 0 Å². The molecule has 12 heavy (non-hydrogen) atoms. The highest BCUT2D eigenvalue weighted by molar-refractivity contribution is 5.78. The Balaban J connectivity index is 5.01. The number of carbonyl (C=O) groups excluding carboxylic acids is 1. The summed E-state index contributed by atoms with van der Waals surface area (Å²) in [6.45, 7) is 1.86. The Morgan fingerprint density at radius 3 is 1.42 bits per heavy atom. The van der Waals surface area contributed by atoms with E-state index in [1.54, 1.807) is 0 Å². The summed E-state index contributed by atoms with van der Waals surface area (Å²) < 4.78 is 70.2. The van der Waals surface area contributed by atoms with Gasteiger partial charge in [-0.1, -0.05) is 6.58 Å². The van der Waals surface area contributed by atoms with Gasteiger partial charge in [-0.25, -0.2) is 4.39 Å². The summed E-state index contributed by atoms with van der Waals surface area (Å²) in [6.07, 6.45) is 0. The molecule has 0 radical (unpaired) electrons. The van der Waals surface area contributed by atoms with Gasteiger partial charge in [-0.3, -0.25) is 4.79 Å². The van der Waals surface area contributed by atoms with E-state index < -0.39 is 23.7 Å². The summed E-state index contributed by atoms with van der Waals surface area (Å²) in [5.74, 6) is -14.0. The van der Waals surface area contributed by atoms with Crippen LogP contribution in [0.25, 0.3) is 0 Å². The molecule has 1 nitrogen and oxygen atoms in total. The summed E-state index contributed by atoms with van der Waals surface area (Å²) in [4.78, 5) is 9.31. The van der Waals surface area contributed by atoms with E-state index in [0.717, 1.165) is 0 Å². The van der Waals surface area contributed by atoms with Crippen molar-refractivity contribution in [2.24, 2.45) is 0 Å². The van der Waals surface area contributed by atoms with E-state index in [4.69, 9.17) is 0 Å². The normalized spacial score (nSPS) is 12.8. The second-order valence-corrected chi connectivity index (χ2v) is 1.83. The second kappa shape index (κ2) is 2.80. The van der Waals surface area contributed by atoms with Crippen molar-refractivity contribution in [3.63, 3.8) is 0 Å². The van der Waals surface area contributed by atoms with Crippen molar-refractivity contribution in [3.8, 4) is 0 Å². The van der Waals surface area contributed by atoms with Crippen molar-refractivity contribution in [1.82, 2.24) is 0 Å². The van der Waals surface area contributed by atoms with Crippen LogP contribution in [0.2, 0.25) is 0 Å². The zero-order chi connectivity index (χ0) is 10.2. The van der Waals surface area contributed by atoms with Gasteiger partial charge in [-0.15, -0.1) is 0 Å². The van der Waals surface area contributed by atoms with Gasteiger partial charge in [0.15, 0.2) is 5.83 Å². The van der Waals surface area contributed by atoms with E-state index in [9.17, 15) is 31.1 Å². The van der Waals surface area contributed by atoms with Crippen molar-refractivity contribution in [1.29, 1.82) is 0 Å². The first-order valence-electron chi connectivity index (χ1n) is 2.44. The fourth-order valence-corrected chi connectivity index (χ4v) is 0.294. The first-order chi connectivity index (χ1) is 5.14. The standard InChI is InChI=1S/C5H2F6O/c1-2(6)4(8,9)5(10,11)3(7)12/h1H2. The number of alkyl halides is 4. The smallest absolute Gasteiger partial charge is 0.254 e. The maximum absolute atomic E-state index is 11.9. The highest BCUT2D eigenvalue weighted by Gasteiger charge is 2.65. The molecule has 70 valence electrons. The van der Waals surface area contributed by atoms with Crippen LogP contribution >= 0.6 is 0 Å². The Bertz CT molecular complexity index is 196. The van der Waals surface area contributed by atoms with E-state index in [2.05, 4.69) is 0 Å². The first kappa shape index (κ1) is 11.0. The topological polar surface area (TPSA) is 17.1 Å².